The summed E-state index contributed by atoms with van der Waals surface area (Å²) in [4.78, 5) is 33.5. The molecule has 0 fully saturated rings. The van der Waals surface area contributed by atoms with E-state index in [1.807, 2.05) is 0 Å². The van der Waals surface area contributed by atoms with Gasteiger partial charge in [0, 0.05) is 52.6 Å². The van der Waals surface area contributed by atoms with Crippen molar-refractivity contribution in [3.05, 3.63) is 42.1 Å². The summed E-state index contributed by atoms with van der Waals surface area (Å²) in [5.41, 5.74) is 1.70. The van der Waals surface area contributed by atoms with Gasteiger partial charge in [-0.15, -0.1) is 0 Å². The summed E-state index contributed by atoms with van der Waals surface area (Å²) in [6, 6.07) is 5.08. The number of rotatable bonds is 6. The number of oxazole rings is 1. The number of carbonyl (C=O) groups is 2. The Labute approximate surface area is 200 Å². The van der Waals surface area contributed by atoms with E-state index in [-0.39, 0.29) is 36.5 Å². The Kier molecular flexibility index (Phi) is 9.03. The lowest BCUT2D eigenvalue weighted by Gasteiger charge is -2.35. The number of ether oxygens (including phenoxy) is 3. The number of fused-ring (bicyclic) bond motifs is 1. The van der Waals surface area contributed by atoms with Crippen LogP contribution in [0.3, 0.4) is 0 Å². The minimum atomic E-state index is -0.303. The molecule has 0 spiro atoms. The molecule has 3 rings (SSSR count). The molecule has 0 aliphatic carbocycles. The van der Waals surface area contributed by atoms with Crippen molar-refractivity contribution in [3.8, 4) is 5.75 Å². The number of hydrogen-bond acceptors (Lipinski definition) is 8. The van der Waals surface area contributed by atoms with E-state index in [1.54, 1.807) is 43.5 Å². The van der Waals surface area contributed by atoms with Gasteiger partial charge in [0.15, 0.2) is 6.39 Å². The Morgan fingerprint density at radius 3 is 2.74 bits per heavy atom. The number of hydrogen-bond donors (Lipinski definition) is 1. The van der Waals surface area contributed by atoms with Crippen LogP contribution >= 0.6 is 0 Å². The number of benzene rings is 1. The fourth-order valence-corrected chi connectivity index (χ4v) is 4.00. The third kappa shape index (κ3) is 6.55. The second kappa shape index (κ2) is 12.0. The van der Waals surface area contributed by atoms with E-state index >= 15 is 0 Å². The highest BCUT2D eigenvalue weighted by Crippen LogP contribution is 2.26. The minimum absolute atomic E-state index is 0.0258. The van der Waals surface area contributed by atoms with E-state index in [2.05, 4.69) is 29.0 Å². The molecule has 10 nitrogen and oxygen atoms in total. The topological polar surface area (TPSA) is 106 Å². The average Bonchev–Trinajstić information content (AvgIpc) is 3.33. The van der Waals surface area contributed by atoms with Crippen molar-refractivity contribution in [2.75, 3.05) is 52.9 Å². The highest BCUT2D eigenvalue weighted by molar-refractivity contribution is 5.99. The molecule has 1 N–H and O–H groups in total. The smallest absolute Gasteiger partial charge is 0.257 e. The van der Waals surface area contributed by atoms with Crippen LogP contribution in [0.1, 0.15) is 29.9 Å². The number of carbonyl (C=O) groups excluding carboxylic acids is 2. The molecular formula is C24H34N4O6. The maximum atomic E-state index is 13.4. The first-order valence-electron chi connectivity index (χ1n) is 11.3. The quantitative estimate of drug-likeness (QED) is 0.680. The van der Waals surface area contributed by atoms with E-state index in [0.29, 0.717) is 36.7 Å². The summed E-state index contributed by atoms with van der Waals surface area (Å²) < 4.78 is 21.9. The Bertz CT molecular complexity index is 951. The molecule has 2 aromatic rings. The van der Waals surface area contributed by atoms with Gasteiger partial charge in [-0.1, -0.05) is 6.92 Å². The van der Waals surface area contributed by atoms with Gasteiger partial charge < -0.3 is 28.8 Å². The van der Waals surface area contributed by atoms with Crippen molar-refractivity contribution in [2.24, 2.45) is 5.92 Å². The van der Waals surface area contributed by atoms with Gasteiger partial charge >= 0.3 is 0 Å². The van der Waals surface area contributed by atoms with Gasteiger partial charge in [0.25, 0.3) is 5.91 Å². The molecule has 0 unspecified atom stereocenters. The van der Waals surface area contributed by atoms with Crippen molar-refractivity contribution in [1.82, 2.24) is 14.8 Å². The Morgan fingerprint density at radius 1 is 1.26 bits per heavy atom. The standard InChI is InChI=1S/C24H34N4O6/c1-16-9-28(10-19-13-33-15-25-19)17(2)12-34-21-7-6-18(26-23(29)14-31-4)8-20(21)24(30)27(3)11-22(16)32-5/h6-8,13,15-17,22H,9-12,14H2,1-5H3,(H,26,29)/t16-,17-,22-/m1/s1. The number of likely N-dealkylation sites (N-methyl/N-ethyl adjacent to an activating group) is 1. The van der Waals surface area contributed by atoms with Crippen molar-refractivity contribution >= 4 is 17.5 Å². The molecule has 186 valence electrons. The van der Waals surface area contributed by atoms with Crippen LogP contribution in [0.5, 0.6) is 5.75 Å². The van der Waals surface area contributed by atoms with Crippen LogP contribution in [0.25, 0.3) is 0 Å². The Morgan fingerprint density at radius 2 is 2.06 bits per heavy atom. The summed E-state index contributed by atoms with van der Waals surface area (Å²) in [7, 11) is 4.85. The fraction of sp³-hybridized carbons (Fsp3) is 0.542. The first-order valence-corrected chi connectivity index (χ1v) is 11.3. The lowest BCUT2D eigenvalue weighted by atomic mass is 10.0. The summed E-state index contributed by atoms with van der Waals surface area (Å²) in [5, 5.41) is 2.74. The number of anilines is 1. The van der Waals surface area contributed by atoms with Gasteiger partial charge in [-0.25, -0.2) is 4.98 Å². The summed E-state index contributed by atoms with van der Waals surface area (Å²) >= 11 is 0. The van der Waals surface area contributed by atoms with Gasteiger partial charge in [0.05, 0.1) is 17.4 Å². The van der Waals surface area contributed by atoms with Crippen LogP contribution in [0.4, 0.5) is 5.69 Å². The summed E-state index contributed by atoms with van der Waals surface area (Å²) in [6.45, 7) is 6.22. The minimum Gasteiger partial charge on any atom is -0.491 e. The Balaban J connectivity index is 1.91. The van der Waals surface area contributed by atoms with Crippen LogP contribution in [-0.2, 0) is 20.8 Å². The van der Waals surface area contributed by atoms with E-state index in [1.165, 1.54) is 13.5 Å². The van der Waals surface area contributed by atoms with Crippen molar-refractivity contribution in [2.45, 2.75) is 32.5 Å². The zero-order valence-electron chi connectivity index (χ0n) is 20.4. The van der Waals surface area contributed by atoms with Crippen molar-refractivity contribution < 1.29 is 28.2 Å². The van der Waals surface area contributed by atoms with Crippen LogP contribution in [-0.4, -0.2) is 86.3 Å². The molecule has 1 aromatic carbocycles. The Hall–Kier alpha value is -2.95. The van der Waals surface area contributed by atoms with E-state index in [0.717, 1.165) is 12.2 Å². The van der Waals surface area contributed by atoms with E-state index < -0.39 is 0 Å². The number of aromatic nitrogens is 1. The largest absolute Gasteiger partial charge is 0.491 e. The van der Waals surface area contributed by atoms with Crippen LogP contribution in [0.15, 0.2) is 35.3 Å². The molecule has 34 heavy (non-hydrogen) atoms. The second-order valence-electron chi connectivity index (χ2n) is 8.70. The molecule has 0 saturated carbocycles. The van der Waals surface area contributed by atoms with Crippen molar-refractivity contribution in [1.29, 1.82) is 0 Å². The van der Waals surface area contributed by atoms with Crippen LogP contribution < -0.4 is 10.1 Å². The predicted octanol–water partition coefficient (Wildman–Crippen LogP) is 2.27. The number of amides is 2. The van der Waals surface area contributed by atoms with Crippen molar-refractivity contribution in [3.63, 3.8) is 0 Å². The van der Waals surface area contributed by atoms with E-state index in [4.69, 9.17) is 18.6 Å². The zero-order chi connectivity index (χ0) is 24.7. The van der Waals surface area contributed by atoms with Crippen LogP contribution in [0, 0.1) is 5.92 Å². The molecule has 0 radical (unpaired) electrons. The maximum Gasteiger partial charge on any atom is 0.257 e. The van der Waals surface area contributed by atoms with Gasteiger partial charge in [-0.3, -0.25) is 14.5 Å². The number of nitrogens with one attached hydrogen (secondary N) is 1. The second-order valence-corrected chi connectivity index (χ2v) is 8.70. The van der Waals surface area contributed by atoms with Gasteiger partial charge in [0.2, 0.25) is 5.91 Å². The molecule has 2 amide bonds. The molecule has 10 heteroatoms. The summed E-state index contributed by atoms with van der Waals surface area (Å²) in [6.07, 6.45) is 2.90. The predicted molar refractivity (Wildman–Crippen MR) is 126 cm³/mol. The molecule has 2 heterocycles. The number of nitrogens with zero attached hydrogens (tertiary/aromatic N) is 3. The summed E-state index contributed by atoms with van der Waals surface area (Å²) in [5.74, 6) is 0.0769. The molecule has 0 saturated heterocycles. The molecule has 3 atom stereocenters. The van der Waals surface area contributed by atoms with Gasteiger partial charge in [-0.05, 0) is 31.0 Å². The number of methoxy groups -OCH3 is 2. The lowest BCUT2D eigenvalue weighted by Crippen LogP contribution is -2.46. The van der Waals surface area contributed by atoms with Gasteiger partial charge in [-0.2, -0.15) is 0 Å². The first kappa shape index (κ1) is 25.7. The average molecular weight is 475 g/mol. The molecule has 1 aliphatic heterocycles. The third-order valence-electron chi connectivity index (χ3n) is 5.98. The fourth-order valence-electron chi connectivity index (χ4n) is 4.00. The highest BCUT2D eigenvalue weighted by Gasteiger charge is 2.29. The maximum absolute atomic E-state index is 13.4. The normalized spacial score (nSPS) is 22.3. The SMILES string of the molecule is COCC(=O)Nc1ccc2c(c1)C(=O)N(C)C[C@@H](OC)[C@H](C)CN(Cc1cocn1)[C@H](C)CO2. The lowest BCUT2D eigenvalue weighted by molar-refractivity contribution is -0.119. The molecule has 1 aromatic heterocycles. The first-order chi connectivity index (χ1) is 16.3. The van der Waals surface area contributed by atoms with E-state index in [9.17, 15) is 9.59 Å². The van der Waals surface area contributed by atoms with Crippen LogP contribution in [0.2, 0.25) is 0 Å². The molecular weight excluding hydrogens is 440 g/mol. The molecule has 0 bridgehead atoms. The zero-order valence-corrected chi connectivity index (χ0v) is 20.4. The van der Waals surface area contributed by atoms with Gasteiger partial charge in [0.1, 0.15) is 25.2 Å². The monoisotopic (exact) mass is 474 g/mol. The highest BCUT2D eigenvalue weighted by atomic mass is 16.5. The third-order valence-corrected chi connectivity index (χ3v) is 5.98. The molecule has 1 aliphatic rings.